The molecule has 0 heterocycles. The highest BCUT2D eigenvalue weighted by Crippen LogP contribution is 2.16. The van der Waals surface area contributed by atoms with Crippen molar-refractivity contribution in [1.29, 1.82) is 0 Å². The van der Waals surface area contributed by atoms with Gasteiger partial charge in [0.05, 0.1) is 0 Å². The van der Waals surface area contributed by atoms with Crippen molar-refractivity contribution in [2.24, 2.45) is 0 Å². The Labute approximate surface area is 108 Å². The molecule has 0 saturated heterocycles. The molecule has 3 heteroatoms. The van der Waals surface area contributed by atoms with Crippen LogP contribution in [-0.4, -0.2) is 18.1 Å². The molecule has 0 fully saturated rings. The van der Waals surface area contributed by atoms with Crippen LogP contribution in [0.15, 0.2) is 24.3 Å². The zero-order chi connectivity index (χ0) is 12.0. The lowest BCUT2D eigenvalue weighted by Crippen LogP contribution is -2.21. The van der Waals surface area contributed by atoms with Gasteiger partial charge in [-0.3, -0.25) is 0 Å². The third-order valence-electron chi connectivity index (χ3n) is 2.77. The van der Waals surface area contributed by atoms with Crippen LogP contribution in [0.3, 0.4) is 0 Å². The first-order valence-electron chi connectivity index (χ1n) is 5.65. The van der Waals surface area contributed by atoms with Gasteiger partial charge in [0.2, 0.25) is 0 Å². The van der Waals surface area contributed by atoms with Crippen molar-refractivity contribution in [2.75, 3.05) is 12.8 Å². The Bertz CT molecular complexity index is 299. The molecule has 1 nitrogen and oxygen atoms in total. The molecule has 0 spiro atoms. The van der Waals surface area contributed by atoms with Crippen molar-refractivity contribution in [3.63, 3.8) is 0 Å². The first-order valence-corrected chi connectivity index (χ1v) is 7.31. The van der Waals surface area contributed by atoms with Crippen molar-refractivity contribution >= 4 is 23.4 Å². The molecule has 1 rings (SSSR count). The minimum absolute atomic E-state index is 0.395. The Morgan fingerprint density at radius 2 is 1.88 bits per heavy atom. The molecule has 0 aromatic heterocycles. The van der Waals surface area contributed by atoms with E-state index in [9.17, 15) is 0 Å². The van der Waals surface area contributed by atoms with Crippen molar-refractivity contribution in [2.45, 2.75) is 31.6 Å². The molecule has 16 heavy (non-hydrogen) atoms. The summed E-state index contributed by atoms with van der Waals surface area (Å²) in [6, 6.07) is 8.45. The topological polar surface area (TPSA) is 12.0 Å². The van der Waals surface area contributed by atoms with E-state index in [0.717, 1.165) is 16.8 Å². The van der Waals surface area contributed by atoms with Crippen LogP contribution in [-0.2, 0) is 0 Å². The van der Waals surface area contributed by atoms with Gasteiger partial charge in [-0.05, 0) is 43.8 Å². The number of hydrogen-bond acceptors (Lipinski definition) is 2. The molecule has 0 aliphatic heterocycles. The molecule has 1 N–H and O–H groups in total. The second-order valence-electron chi connectivity index (χ2n) is 4.06. The first kappa shape index (κ1) is 13.9. The van der Waals surface area contributed by atoms with Crippen LogP contribution >= 0.6 is 23.4 Å². The second-order valence-corrected chi connectivity index (χ2v) is 5.77. The van der Waals surface area contributed by atoms with E-state index in [1.165, 1.54) is 12.0 Å². The van der Waals surface area contributed by atoms with Gasteiger partial charge in [-0.15, -0.1) is 0 Å². The van der Waals surface area contributed by atoms with Gasteiger partial charge < -0.3 is 5.32 Å². The lowest BCUT2D eigenvalue weighted by atomic mass is 10.1. The number of rotatable bonds is 6. The number of benzene rings is 1. The van der Waals surface area contributed by atoms with Crippen LogP contribution in [0.2, 0.25) is 5.02 Å². The molecule has 90 valence electrons. The smallest absolute Gasteiger partial charge is 0.0406 e. The summed E-state index contributed by atoms with van der Waals surface area (Å²) in [6.45, 7) is 5.51. The molecule has 0 aliphatic carbocycles. The first-order chi connectivity index (χ1) is 7.63. The van der Waals surface area contributed by atoms with Gasteiger partial charge in [0.1, 0.15) is 0 Å². The van der Waals surface area contributed by atoms with Crippen LogP contribution in [0.1, 0.15) is 31.9 Å². The molecule has 1 aromatic carbocycles. The van der Waals surface area contributed by atoms with Crippen LogP contribution < -0.4 is 5.32 Å². The molecule has 2 atom stereocenters. The molecule has 0 amide bonds. The number of nitrogens with one attached hydrogen (secondary N) is 1. The predicted octanol–water partition coefficient (Wildman–Crippen LogP) is 4.13. The third-order valence-corrected chi connectivity index (χ3v) is 4.07. The van der Waals surface area contributed by atoms with E-state index in [1.807, 2.05) is 23.9 Å². The highest BCUT2D eigenvalue weighted by atomic mass is 35.5. The van der Waals surface area contributed by atoms with E-state index in [-0.39, 0.29) is 0 Å². The minimum atomic E-state index is 0.395. The van der Waals surface area contributed by atoms with E-state index in [1.54, 1.807) is 0 Å². The van der Waals surface area contributed by atoms with E-state index >= 15 is 0 Å². The van der Waals surface area contributed by atoms with E-state index in [0.29, 0.717) is 6.04 Å². The molecule has 2 unspecified atom stereocenters. The van der Waals surface area contributed by atoms with Crippen LogP contribution in [0.5, 0.6) is 0 Å². The maximum absolute atomic E-state index is 5.86. The summed E-state index contributed by atoms with van der Waals surface area (Å²) in [5.41, 5.74) is 1.29. The van der Waals surface area contributed by atoms with E-state index in [2.05, 4.69) is 37.6 Å². The third kappa shape index (κ3) is 4.77. The van der Waals surface area contributed by atoms with E-state index in [4.69, 9.17) is 11.6 Å². The Morgan fingerprint density at radius 1 is 1.25 bits per heavy atom. The summed E-state index contributed by atoms with van der Waals surface area (Å²) in [7, 11) is 0. The Hall–Kier alpha value is -0.180. The Balaban J connectivity index is 2.35. The standard InChI is InChI=1S/C13H20ClNS/c1-10(16-3)8-9-15-11(2)12-4-6-13(14)7-5-12/h4-7,10-11,15H,8-9H2,1-3H3. The fourth-order valence-electron chi connectivity index (χ4n) is 1.49. The predicted molar refractivity (Wildman–Crippen MR) is 75.5 cm³/mol. The molecular weight excluding hydrogens is 238 g/mol. The number of halogens is 1. The lowest BCUT2D eigenvalue weighted by Gasteiger charge is -2.15. The molecular formula is C13H20ClNS. The maximum Gasteiger partial charge on any atom is 0.0406 e. The average molecular weight is 258 g/mol. The summed E-state index contributed by atoms with van der Waals surface area (Å²) in [5.74, 6) is 0. The SMILES string of the molecule is CSC(C)CCNC(C)c1ccc(Cl)cc1. The zero-order valence-corrected chi connectivity index (χ0v) is 11.7. The fourth-order valence-corrected chi connectivity index (χ4v) is 1.97. The van der Waals surface area contributed by atoms with Crippen LogP contribution in [0, 0.1) is 0 Å². The largest absolute Gasteiger partial charge is 0.310 e. The fraction of sp³-hybridized carbons (Fsp3) is 0.538. The summed E-state index contributed by atoms with van der Waals surface area (Å²) in [4.78, 5) is 0. The maximum atomic E-state index is 5.86. The highest BCUT2D eigenvalue weighted by molar-refractivity contribution is 7.99. The van der Waals surface area contributed by atoms with Crippen LogP contribution in [0.4, 0.5) is 0 Å². The van der Waals surface area contributed by atoms with Gasteiger partial charge >= 0.3 is 0 Å². The number of thioether (sulfide) groups is 1. The summed E-state index contributed by atoms with van der Waals surface area (Å²) < 4.78 is 0. The Kier molecular flexibility index (Phi) is 6.25. The molecule has 1 aromatic rings. The monoisotopic (exact) mass is 257 g/mol. The molecule has 0 bridgehead atoms. The van der Waals surface area contributed by atoms with Gasteiger partial charge in [0, 0.05) is 16.3 Å². The molecule has 0 radical (unpaired) electrons. The zero-order valence-electron chi connectivity index (χ0n) is 10.2. The number of hydrogen-bond donors (Lipinski definition) is 1. The van der Waals surface area contributed by atoms with Gasteiger partial charge in [-0.25, -0.2) is 0 Å². The van der Waals surface area contributed by atoms with E-state index < -0.39 is 0 Å². The second kappa shape index (κ2) is 7.21. The van der Waals surface area contributed by atoms with Crippen molar-refractivity contribution in [3.8, 4) is 0 Å². The van der Waals surface area contributed by atoms with Gasteiger partial charge in [0.25, 0.3) is 0 Å². The highest BCUT2D eigenvalue weighted by Gasteiger charge is 2.05. The van der Waals surface area contributed by atoms with Crippen molar-refractivity contribution < 1.29 is 0 Å². The van der Waals surface area contributed by atoms with Gasteiger partial charge in [0.15, 0.2) is 0 Å². The van der Waals surface area contributed by atoms with Crippen molar-refractivity contribution in [1.82, 2.24) is 5.32 Å². The van der Waals surface area contributed by atoms with Crippen molar-refractivity contribution in [3.05, 3.63) is 34.9 Å². The van der Waals surface area contributed by atoms with Gasteiger partial charge in [-0.2, -0.15) is 11.8 Å². The normalized spacial score (nSPS) is 14.8. The summed E-state index contributed by atoms with van der Waals surface area (Å²) in [6.07, 6.45) is 3.37. The quantitative estimate of drug-likeness (QED) is 0.822. The minimum Gasteiger partial charge on any atom is -0.310 e. The summed E-state index contributed by atoms with van der Waals surface area (Å²) >= 11 is 7.77. The molecule has 0 saturated carbocycles. The summed E-state index contributed by atoms with van der Waals surface area (Å²) in [5, 5.41) is 5.05. The molecule has 0 aliphatic rings. The lowest BCUT2D eigenvalue weighted by molar-refractivity contribution is 0.558. The van der Waals surface area contributed by atoms with Gasteiger partial charge in [-0.1, -0.05) is 30.7 Å². The average Bonchev–Trinajstić information content (AvgIpc) is 2.29. The van der Waals surface area contributed by atoms with Crippen LogP contribution in [0.25, 0.3) is 0 Å². The Morgan fingerprint density at radius 3 is 2.44 bits per heavy atom.